The Morgan fingerprint density at radius 2 is 1.78 bits per heavy atom. The molecule has 0 aliphatic heterocycles. The number of rotatable bonds is 2. The van der Waals surface area contributed by atoms with Gasteiger partial charge in [-0.3, -0.25) is 4.21 Å². The number of aryl methyl sites for hydroxylation is 1. The molecule has 1 aromatic rings. The van der Waals surface area contributed by atoms with Crippen molar-refractivity contribution in [1.29, 1.82) is 0 Å². The average Bonchev–Trinajstić information content (AvgIpc) is 2.76. The van der Waals surface area contributed by atoms with Gasteiger partial charge in [-0.05, 0) is 46.1 Å². The molecule has 0 bridgehead atoms. The molecule has 18 heavy (non-hydrogen) atoms. The molecule has 0 radical (unpaired) electrons. The summed E-state index contributed by atoms with van der Waals surface area (Å²) in [5.74, 6) is 0.352. The highest BCUT2D eigenvalue weighted by atomic mass is 32.2. The van der Waals surface area contributed by atoms with Crippen molar-refractivity contribution in [2.45, 2.75) is 51.2 Å². The third-order valence-corrected chi connectivity index (χ3v) is 5.39. The summed E-state index contributed by atoms with van der Waals surface area (Å²) in [6.07, 6.45) is 4.34. The molecule has 0 saturated carbocycles. The minimum Gasteiger partial charge on any atom is -0.254 e. The summed E-state index contributed by atoms with van der Waals surface area (Å²) < 4.78 is 12.4. The van der Waals surface area contributed by atoms with Crippen molar-refractivity contribution in [2.75, 3.05) is 0 Å². The Kier molecular flexibility index (Phi) is 3.76. The molecule has 1 aromatic carbocycles. The molecule has 1 nitrogen and oxygen atoms in total. The lowest BCUT2D eigenvalue weighted by molar-refractivity contribution is 0.649. The van der Waals surface area contributed by atoms with Gasteiger partial charge in [-0.15, -0.1) is 0 Å². The van der Waals surface area contributed by atoms with Gasteiger partial charge in [0.15, 0.2) is 0 Å². The highest BCUT2D eigenvalue weighted by molar-refractivity contribution is 7.90. The summed E-state index contributed by atoms with van der Waals surface area (Å²) in [6.45, 7) is 8.25. The van der Waals surface area contributed by atoms with Crippen molar-refractivity contribution in [1.82, 2.24) is 0 Å². The van der Waals surface area contributed by atoms with E-state index < -0.39 is 10.8 Å². The van der Waals surface area contributed by atoms with Crippen LogP contribution in [0, 0.1) is 6.92 Å². The van der Waals surface area contributed by atoms with Crippen LogP contribution in [-0.4, -0.2) is 8.96 Å². The Morgan fingerprint density at radius 3 is 2.33 bits per heavy atom. The molecule has 0 spiro atoms. The lowest BCUT2D eigenvalue weighted by Gasteiger charge is -2.23. The number of hydrogen-bond acceptors (Lipinski definition) is 1. The van der Waals surface area contributed by atoms with E-state index in [9.17, 15) is 4.21 Å². The van der Waals surface area contributed by atoms with Crippen molar-refractivity contribution < 1.29 is 4.21 Å². The smallest absolute Gasteiger partial charge is 0.0545 e. The van der Waals surface area contributed by atoms with Crippen LogP contribution in [0.2, 0.25) is 0 Å². The Balaban J connectivity index is 2.28. The highest BCUT2D eigenvalue weighted by Gasteiger charge is 2.31. The van der Waals surface area contributed by atoms with Crippen LogP contribution in [0.5, 0.6) is 0 Å². The van der Waals surface area contributed by atoms with Crippen LogP contribution >= 0.6 is 0 Å². The van der Waals surface area contributed by atoms with Crippen LogP contribution < -0.4 is 0 Å². The van der Waals surface area contributed by atoms with Crippen molar-refractivity contribution in [2.24, 2.45) is 0 Å². The van der Waals surface area contributed by atoms with Crippen LogP contribution in [0.25, 0.3) is 0 Å². The molecule has 0 saturated heterocycles. The van der Waals surface area contributed by atoms with Gasteiger partial charge < -0.3 is 0 Å². The number of hydrogen-bond donors (Lipinski definition) is 0. The first-order valence-electron chi connectivity index (χ1n) is 6.58. The molecule has 2 atom stereocenters. The molecule has 0 heterocycles. The van der Waals surface area contributed by atoms with Crippen molar-refractivity contribution >= 4 is 10.8 Å². The van der Waals surface area contributed by atoms with E-state index in [4.69, 9.17) is 0 Å². The van der Waals surface area contributed by atoms with Crippen LogP contribution in [-0.2, 0) is 10.8 Å². The molecule has 0 aromatic heterocycles. The van der Waals surface area contributed by atoms with E-state index in [2.05, 4.69) is 58.0 Å². The zero-order chi connectivity index (χ0) is 13.3. The fourth-order valence-corrected chi connectivity index (χ4v) is 3.85. The highest BCUT2D eigenvalue weighted by Crippen LogP contribution is 2.39. The second kappa shape index (κ2) is 5.00. The molecule has 98 valence electrons. The maximum absolute atomic E-state index is 12.6. The fourth-order valence-electron chi connectivity index (χ4n) is 2.36. The second-order valence-electron chi connectivity index (χ2n) is 6.03. The molecule has 1 aliphatic rings. The standard InChI is InChI=1S/C16H22OS/c1-12-8-10-13(11-9-12)14-6-5-7-15(14)18(17)16(2,3)4/h7-11,14H,5-6H2,1-4H3/t14-,18?/m0/s1. The Morgan fingerprint density at radius 1 is 1.17 bits per heavy atom. The van der Waals surface area contributed by atoms with Gasteiger partial charge >= 0.3 is 0 Å². The van der Waals surface area contributed by atoms with Crippen LogP contribution in [0.4, 0.5) is 0 Å². The molecule has 0 amide bonds. The van der Waals surface area contributed by atoms with Gasteiger partial charge in [-0.1, -0.05) is 35.9 Å². The van der Waals surface area contributed by atoms with Gasteiger partial charge in [0.25, 0.3) is 0 Å². The predicted octanol–water partition coefficient (Wildman–Crippen LogP) is 4.30. The summed E-state index contributed by atoms with van der Waals surface area (Å²) in [5.41, 5.74) is 2.58. The molecule has 0 fully saturated rings. The first-order valence-corrected chi connectivity index (χ1v) is 7.73. The van der Waals surface area contributed by atoms with Crippen molar-refractivity contribution in [3.8, 4) is 0 Å². The van der Waals surface area contributed by atoms with Crippen LogP contribution in [0.3, 0.4) is 0 Å². The van der Waals surface area contributed by atoms with E-state index in [1.807, 2.05) is 0 Å². The predicted molar refractivity (Wildman–Crippen MR) is 79.1 cm³/mol. The van der Waals surface area contributed by atoms with Gasteiger partial charge in [0.05, 0.1) is 10.8 Å². The quantitative estimate of drug-likeness (QED) is 0.776. The molecule has 1 unspecified atom stereocenters. The summed E-state index contributed by atoms with van der Waals surface area (Å²) in [4.78, 5) is 1.13. The van der Waals surface area contributed by atoms with Crippen molar-refractivity contribution in [3.05, 3.63) is 46.4 Å². The largest absolute Gasteiger partial charge is 0.254 e. The van der Waals surface area contributed by atoms with E-state index in [0.29, 0.717) is 5.92 Å². The first-order chi connectivity index (χ1) is 8.39. The third-order valence-electron chi connectivity index (χ3n) is 3.39. The third kappa shape index (κ3) is 2.74. The van der Waals surface area contributed by atoms with Gasteiger partial charge in [0.2, 0.25) is 0 Å². The zero-order valence-corrected chi connectivity index (χ0v) is 12.5. The Labute approximate surface area is 113 Å². The van der Waals surface area contributed by atoms with Gasteiger partial charge in [0.1, 0.15) is 0 Å². The SMILES string of the molecule is Cc1ccc([C@@H]2CCC=C2S(=O)C(C)(C)C)cc1. The van der Waals surface area contributed by atoms with Crippen LogP contribution in [0.15, 0.2) is 35.2 Å². The summed E-state index contributed by atoms with van der Waals surface area (Å²) in [7, 11) is -0.887. The normalized spacial score (nSPS) is 21.8. The average molecular weight is 262 g/mol. The maximum atomic E-state index is 12.6. The Bertz CT molecular complexity index is 477. The lowest BCUT2D eigenvalue weighted by atomic mass is 9.98. The van der Waals surface area contributed by atoms with Gasteiger partial charge in [0, 0.05) is 15.6 Å². The molecule has 2 heteroatoms. The van der Waals surface area contributed by atoms with Crippen molar-refractivity contribution in [3.63, 3.8) is 0 Å². The van der Waals surface area contributed by atoms with Crippen LogP contribution in [0.1, 0.15) is 50.7 Å². The minimum atomic E-state index is -0.887. The summed E-state index contributed by atoms with van der Waals surface area (Å²) >= 11 is 0. The van der Waals surface area contributed by atoms with E-state index in [1.54, 1.807) is 0 Å². The summed E-state index contributed by atoms with van der Waals surface area (Å²) in [6, 6.07) is 8.65. The maximum Gasteiger partial charge on any atom is 0.0545 e. The monoisotopic (exact) mass is 262 g/mol. The van der Waals surface area contributed by atoms with Gasteiger partial charge in [-0.25, -0.2) is 0 Å². The topological polar surface area (TPSA) is 17.1 Å². The van der Waals surface area contributed by atoms with Gasteiger partial charge in [-0.2, -0.15) is 0 Å². The molecular formula is C16H22OS. The molecular weight excluding hydrogens is 240 g/mol. The molecule has 1 aliphatic carbocycles. The number of allylic oxidation sites excluding steroid dienone is 2. The second-order valence-corrected chi connectivity index (χ2v) is 8.26. The van der Waals surface area contributed by atoms with E-state index in [0.717, 1.165) is 17.7 Å². The zero-order valence-electron chi connectivity index (χ0n) is 11.7. The minimum absolute atomic E-state index is 0.168. The number of benzene rings is 1. The first kappa shape index (κ1) is 13.5. The lowest BCUT2D eigenvalue weighted by Crippen LogP contribution is -2.24. The van der Waals surface area contributed by atoms with E-state index in [-0.39, 0.29) is 4.75 Å². The van der Waals surface area contributed by atoms with E-state index >= 15 is 0 Å². The molecule has 0 N–H and O–H groups in total. The Hall–Kier alpha value is -0.890. The molecule has 2 rings (SSSR count). The van der Waals surface area contributed by atoms with E-state index in [1.165, 1.54) is 11.1 Å². The fraction of sp³-hybridized carbons (Fsp3) is 0.500. The summed E-state index contributed by atoms with van der Waals surface area (Å²) in [5, 5.41) is 0.